The second kappa shape index (κ2) is 8.64. The topological polar surface area (TPSA) is 70.0 Å². The van der Waals surface area contributed by atoms with Gasteiger partial charge in [-0.15, -0.1) is 0 Å². The molecule has 0 rings (SSSR count). The molecule has 2 N–H and O–H groups in total. The third-order valence-corrected chi connectivity index (χ3v) is 2.24. The molecular weight excluding hydrogens is 198 g/mol. The van der Waals surface area contributed by atoms with Gasteiger partial charge in [-0.1, -0.05) is 13.3 Å². The Morgan fingerprint density at radius 2 is 2.13 bits per heavy atom. The largest absolute Gasteiger partial charge is 0.480 e. The Morgan fingerprint density at radius 3 is 2.53 bits per heavy atom. The summed E-state index contributed by atoms with van der Waals surface area (Å²) in [5, 5.41) is 17.9. The Hall–Kier alpha value is -0.650. The van der Waals surface area contributed by atoms with E-state index in [-0.39, 0.29) is 13.2 Å². The van der Waals surface area contributed by atoms with E-state index in [0.717, 1.165) is 12.8 Å². The fourth-order valence-electron chi connectivity index (χ4n) is 1.40. The number of hydrogen-bond acceptors (Lipinski definition) is 4. The lowest BCUT2D eigenvalue weighted by Gasteiger charge is -2.27. The lowest BCUT2D eigenvalue weighted by Crippen LogP contribution is -2.46. The van der Waals surface area contributed by atoms with E-state index in [9.17, 15) is 4.79 Å². The third-order valence-electron chi connectivity index (χ3n) is 2.24. The number of aliphatic hydroxyl groups is 1. The number of aliphatic carboxylic acids is 1. The predicted octanol–water partition coefficient (Wildman–Crippen LogP) is 0.180. The van der Waals surface area contributed by atoms with Crippen molar-refractivity contribution in [3.8, 4) is 0 Å². The molecule has 0 radical (unpaired) electrons. The average Bonchev–Trinajstić information content (AvgIpc) is 2.21. The minimum absolute atomic E-state index is 0.0305. The monoisotopic (exact) mass is 219 g/mol. The van der Waals surface area contributed by atoms with Gasteiger partial charge in [-0.05, 0) is 13.0 Å². The standard InChI is InChI=1S/C10H21NO4/c1-3-4-5-11(6-7-12)9(8-15-2)10(13)14/h9,12H,3-8H2,1-2H3,(H,13,14). The minimum Gasteiger partial charge on any atom is -0.480 e. The van der Waals surface area contributed by atoms with Crippen molar-refractivity contribution >= 4 is 5.97 Å². The average molecular weight is 219 g/mol. The molecule has 0 aliphatic rings. The van der Waals surface area contributed by atoms with Crippen molar-refractivity contribution in [3.63, 3.8) is 0 Å². The molecule has 5 heteroatoms. The molecule has 0 amide bonds. The zero-order chi connectivity index (χ0) is 11.7. The number of carboxylic acids is 1. The smallest absolute Gasteiger partial charge is 0.323 e. The molecule has 90 valence electrons. The third kappa shape index (κ3) is 5.71. The van der Waals surface area contributed by atoms with Gasteiger partial charge in [0.25, 0.3) is 0 Å². The first-order valence-electron chi connectivity index (χ1n) is 5.24. The number of carboxylic acid groups (broad SMARTS) is 1. The summed E-state index contributed by atoms with van der Waals surface area (Å²) in [4.78, 5) is 12.7. The van der Waals surface area contributed by atoms with Gasteiger partial charge in [-0.2, -0.15) is 0 Å². The summed E-state index contributed by atoms with van der Waals surface area (Å²) in [7, 11) is 1.48. The molecule has 0 saturated heterocycles. The zero-order valence-corrected chi connectivity index (χ0v) is 9.48. The fraction of sp³-hybridized carbons (Fsp3) is 0.900. The summed E-state index contributed by atoms with van der Waals surface area (Å²) in [6, 6.07) is -0.659. The van der Waals surface area contributed by atoms with Gasteiger partial charge in [-0.3, -0.25) is 9.69 Å². The second-order valence-electron chi connectivity index (χ2n) is 3.42. The van der Waals surface area contributed by atoms with Crippen LogP contribution in [0.15, 0.2) is 0 Å². The number of carbonyl (C=O) groups is 1. The van der Waals surface area contributed by atoms with Crippen LogP contribution >= 0.6 is 0 Å². The van der Waals surface area contributed by atoms with E-state index in [0.29, 0.717) is 13.1 Å². The number of ether oxygens (including phenoxy) is 1. The normalized spacial score (nSPS) is 13.1. The quantitative estimate of drug-likeness (QED) is 0.579. The van der Waals surface area contributed by atoms with Crippen LogP contribution in [0, 0.1) is 0 Å². The molecule has 0 saturated carbocycles. The molecule has 1 unspecified atom stereocenters. The van der Waals surface area contributed by atoms with Crippen molar-refractivity contribution in [2.45, 2.75) is 25.8 Å². The van der Waals surface area contributed by atoms with Gasteiger partial charge in [0, 0.05) is 13.7 Å². The molecule has 0 aliphatic carbocycles. The summed E-state index contributed by atoms with van der Waals surface area (Å²) in [6.07, 6.45) is 1.93. The summed E-state index contributed by atoms with van der Waals surface area (Å²) in [5.74, 6) is -0.901. The molecule has 1 atom stereocenters. The van der Waals surface area contributed by atoms with E-state index in [4.69, 9.17) is 14.9 Å². The summed E-state index contributed by atoms with van der Waals surface area (Å²) >= 11 is 0. The van der Waals surface area contributed by atoms with E-state index in [1.165, 1.54) is 7.11 Å². The fourth-order valence-corrected chi connectivity index (χ4v) is 1.40. The van der Waals surface area contributed by atoms with Crippen molar-refractivity contribution in [2.24, 2.45) is 0 Å². The molecule has 15 heavy (non-hydrogen) atoms. The molecule has 0 aromatic rings. The maximum Gasteiger partial charge on any atom is 0.323 e. The number of aliphatic hydroxyl groups excluding tert-OH is 1. The number of nitrogens with zero attached hydrogens (tertiary/aromatic N) is 1. The van der Waals surface area contributed by atoms with Crippen molar-refractivity contribution in [1.82, 2.24) is 4.90 Å². The summed E-state index contributed by atoms with van der Waals surface area (Å²) in [6.45, 7) is 3.22. The van der Waals surface area contributed by atoms with E-state index in [2.05, 4.69) is 0 Å². The van der Waals surface area contributed by atoms with Crippen molar-refractivity contribution < 1.29 is 19.7 Å². The number of rotatable bonds is 9. The lowest BCUT2D eigenvalue weighted by molar-refractivity contribution is -0.145. The first kappa shape index (κ1) is 14.3. The van der Waals surface area contributed by atoms with Gasteiger partial charge in [0.05, 0.1) is 13.2 Å². The Morgan fingerprint density at radius 1 is 1.47 bits per heavy atom. The summed E-state index contributed by atoms with van der Waals surface area (Å²) < 4.78 is 4.87. The lowest BCUT2D eigenvalue weighted by atomic mass is 10.2. The molecule has 0 heterocycles. The molecular formula is C10H21NO4. The van der Waals surface area contributed by atoms with Crippen LogP contribution in [0.25, 0.3) is 0 Å². The molecule has 5 nitrogen and oxygen atoms in total. The first-order valence-corrected chi connectivity index (χ1v) is 5.24. The Labute approximate surface area is 90.6 Å². The van der Waals surface area contributed by atoms with Crippen LogP contribution in [0.4, 0.5) is 0 Å². The van der Waals surface area contributed by atoms with E-state index >= 15 is 0 Å². The molecule has 0 aromatic heterocycles. The molecule has 0 aromatic carbocycles. The Kier molecular flexibility index (Phi) is 8.27. The van der Waals surface area contributed by atoms with Crippen molar-refractivity contribution in [1.29, 1.82) is 0 Å². The minimum atomic E-state index is -0.901. The van der Waals surface area contributed by atoms with E-state index < -0.39 is 12.0 Å². The highest BCUT2D eigenvalue weighted by molar-refractivity contribution is 5.73. The number of hydrogen-bond donors (Lipinski definition) is 2. The highest BCUT2D eigenvalue weighted by Gasteiger charge is 2.24. The van der Waals surface area contributed by atoms with Crippen LogP contribution in [-0.4, -0.2) is 60.5 Å². The van der Waals surface area contributed by atoms with Gasteiger partial charge < -0.3 is 14.9 Å². The van der Waals surface area contributed by atoms with Crippen LogP contribution in [0.2, 0.25) is 0 Å². The maximum absolute atomic E-state index is 11.0. The highest BCUT2D eigenvalue weighted by Crippen LogP contribution is 2.03. The number of unbranched alkanes of at least 4 members (excludes halogenated alkanes) is 1. The van der Waals surface area contributed by atoms with Crippen LogP contribution in [0.1, 0.15) is 19.8 Å². The summed E-state index contributed by atoms with van der Waals surface area (Å²) in [5.41, 5.74) is 0. The van der Waals surface area contributed by atoms with Crippen molar-refractivity contribution in [3.05, 3.63) is 0 Å². The highest BCUT2D eigenvalue weighted by atomic mass is 16.5. The first-order chi connectivity index (χ1) is 7.17. The van der Waals surface area contributed by atoms with Crippen molar-refractivity contribution in [2.75, 3.05) is 33.4 Å². The van der Waals surface area contributed by atoms with Gasteiger partial charge in [0.2, 0.25) is 0 Å². The SMILES string of the molecule is CCCCN(CCO)C(COC)C(=O)O. The Bertz CT molecular complexity index is 175. The molecule has 0 aliphatic heterocycles. The van der Waals surface area contributed by atoms with E-state index in [1.807, 2.05) is 6.92 Å². The van der Waals surface area contributed by atoms with Crippen LogP contribution in [0.5, 0.6) is 0 Å². The zero-order valence-electron chi connectivity index (χ0n) is 9.48. The van der Waals surface area contributed by atoms with Crippen LogP contribution in [-0.2, 0) is 9.53 Å². The second-order valence-corrected chi connectivity index (χ2v) is 3.42. The maximum atomic E-state index is 11.0. The van der Waals surface area contributed by atoms with E-state index in [1.54, 1.807) is 4.90 Å². The van der Waals surface area contributed by atoms with Gasteiger partial charge >= 0.3 is 5.97 Å². The van der Waals surface area contributed by atoms with Crippen LogP contribution in [0.3, 0.4) is 0 Å². The van der Waals surface area contributed by atoms with Gasteiger partial charge in [0.1, 0.15) is 6.04 Å². The number of methoxy groups -OCH3 is 1. The molecule has 0 bridgehead atoms. The van der Waals surface area contributed by atoms with Crippen LogP contribution < -0.4 is 0 Å². The molecule has 0 fully saturated rings. The van der Waals surface area contributed by atoms with Gasteiger partial charge in [-0.25, -0.2) is 0 Å². The van der Waals surface area contributed by atoms with Gasteiger partial charge in [0.15, 0.2) is 0 Å². The molecule has 0 spiro atoms. The predicted molar refractivity (Wildman–Crippen MR) is 56.9 cm³/mol. The Balaban J connectivity index is 4.29.